The fourth-order valence-corrected chi connectivity index (χ4v) is 3.62. The summed E-state index contributed by atoms with van der Waals surface area (Å²) in [6, 6.07) is 6.10. The van der Waals surface area contributed by atoms with Gasteiger partial charge in [-0.05, 0) is 51.0 Å². The maximum Gasteiger partial charge on any atom is 0.253 e. The average molecular weight is 340 g/mol. The van der Waals surface area contributed by atoms with E-state index in [1.165, 1.54) is 16.4 Å². The Hall–Kier alpha value is -1.40. The van der Waals surface area contributed by atoms with Crippen LogP contribution in [-0.2, 0) is 10.0 Å². The number of carbonyl (C=O) groups is 1. The van der Waals surface area contributed by atoms with Gasteiger partial charge >= 0.3 is 0 Å². The fraction of sp³-hybridized carbons (Fsp3) is 0.588. The van der Waals surface area contributed by atoms with Crippen LogP contribution >= 0.6 is 0 Å². The van der Waals surface area contributed by atoms with Crippen LogP contribution in [0.5, 0.6) is 0 Å². The molecule has 0 radical (unpaired) electrons. The van der Waals surface area contributed by atoms with Gasteiger partial charge in [0.15, 0.2) is 0 Å². The molecule has 1 amide bonds. The molecule has 0 fully saturated rings. The molecule has 1 aromatic rings. The zero-order valence-corrected chi connectivity index (χ0v) is 15.6. The van der Waals surface area contributed by atoms with Crippen molar-refractivity contribution in [1.82, 2.24) is 9.21 Å². The molecule has 0 saturated carbocycles. The van der Waals surface area contributed by atoms with E-state index in [-0.39, 0.29) is 16.8 Å². The van der Waals surface area contributed by atoms with Crippen molar-refractivity contribution in [3.8, 4) is 0 Å². The van der Waals surface area contributed by atoms with Gasteiger partial charge in [0, 0.05) is 31.7 Å². The standard InChI is InChI=1S/C17H28N2O3S/c1-6-12-19(13-7-2)17(20)15-8-10-16(11-9-15)23(21,22)18(5)14(3)4/h8-11,14H,6-7,12-13H2,1-5H3. The fourth-order valence-electron chi connectivity index (χ4n) is 2.25. The average Bonchev–Trinajstić information content (AvgIpc) is 2.53. The second-order valence-corrected chi connectivity index (χ2v) is 7.93. The summed E-state index contributed by atoms with van der Waals surface area (Å²) in [5, 5.41) is 0. The lowest BCUT2D eigenvalue weighted by Gasteiger charge is -2.22. The first kappa shape index (κ1) is 19.6. The molecule has 0 spiro atoms. The van der Waals surface area contributed by atoms with Gasteiger partial charge in [-0.15, -0.1) is 0 Å². The predicted molar refractivity (Wildman–Crippen MR) is 93.0 cm³/mol. The zero-order chi connectivity index (χ0) is 17.6. The molecule has 6 heteroatoms. The van der Waals surface area contributed by atoms with E-state index in [1.54, 1.807) is 19.2 Å². The zero-order valence-electron chi connectivity index (χ0n) is 14.7. The van der Waals surface area contributed by atoms with Gasteiger partial charge in [-0.1, -0.05) is 13.8 Å². The highest BCUT2D eigenvalue weighted by Gasteiger charge is 2.23. The molecule has 0 saturated heterocycles. The summed E-state index contributed by atoms with van der Waals surface area (Å²) < 4.78 is 26.2. The molecule has 0 bridgehead atoms. The highest BCUT2D eigenvalue weighted by Crippen LogP contribution is 2.18. The Labute approximate surface area is 140 Å². The van der Waals surface area contributed by atoms with Crippen LogP contribution in [0.1, 0.15) is 50.9 Å². The van der Waals surface area contributed by atoms with Crippen LogP contribution in [0.25, 0.3) is 0 Å². The van der Waals surface area contributed by atoms with Crippen molar-refractivity contribution in [3.63, 3.8) is 0 Å². The van der Waals surface area contributed by atoms with E-state index in [9.17, 15) is 13.2 Å². The van der Waals surface area contributed by atoms with Crippen molar-refractivity contribution in [2.45, 2.75) is 51.5 Å². The highest BCUT2D eigenvalue weighted by atomic mass is 32.2. The Morgan fingerprint density at radius 1 is 1.04 bits per heavy atom. The number of benzene rings is 1. The SMILES string of the molecule is CCCN(CCC)C(=O)c1ccc(S(=O)(=O)N(C)C(C)C)cc1. The molecule has 23 heavy (non-hydrogen) atoms. The predicted octanol–water partition coefficient (Wildman–Crippen LogP) is 2.98. The molecule has 5 nitrogen and oxygen atoms in total. The molecular formula is C17H28N2O3S. The van der Waals surface area contributed by atoms with Crippen molar-refractivity contribution < 1.29 is 13.2 Å². The van der Waals surface area contributed by atoms with Gasteiger partial charge < -0.3 is 4.90 Å². The number of rotatable bonds is 8. The van der Waals surface area contributed by atoms with Gasteiger partial charge in [0.2, 0.25) is 10.0 Å². The molecule has 0 N–H and O–H groups in total. The quantitative estimate of drug-likeness (QED) is 0.731. The maximum atomic E-state index is 12.5. The van der Waals surface area contributed by atoms with Crippen molar-refractivity contribution in [2.75, 3.05) is 20.1 Å². The number of amides is 1. The lowest BCUT2D eigenvalue weighted by molar-refractivity contribution is 0.0755. The lowest BCUT2D eigenvalue weighted by Crippen LogP contribution is -2.33. The summed E-state index contributed by atoms with van der Waals surface area (Å²) in [4.78, 5) is 14.5. The number of sulfonamides is 1. The second-order valence-electron chi connectivity index (χ2n) is 5.93. The van der Waals surface area contributed by atoms with E-state index in [1.807, 2.05) is 32.6 Å². The second kappa shape index (κ2) is 8.45. The first-order chi connectivity index (χ1) is 10.8. The van der Waals surface area contributed by atoms with Gasteiger partial charge in [-0.3, -0.25) is 4.79 Å². The normalized spacial score (nSPS) is 12.0. The molecule has 0 heterocycles. The lowest BCUT2D eigenvalue weighted by atomic mass is 10.2. The smallest absolute Gasteiger partial charge is 0.253 e. The van der Waals surface area contributed by atoms with Gasteiger partial charge in [0.1, 0.15) is 0 Å². The first-order valence-corrected chi connectivity index (χ1v) is 9.57. The summed E-state index contributed by atoms with van der Waals surface area (Å²) >= 11 is 0. The largest absolute Gasteiger partial charge is 0.339 e. The number of hydrogen-bond donors (Lipinski definition) is 0. The van der Waals surface area contributed by atoms with Crippen molar-refractivity contribution in [3.05, 3.63) is 29.8 Å². The van der Waals surface area contributed by atoms with Crippen LogP contribution in [0.4, 0.5) is 0 Å². The summed E-state index contributed by atoms with van der Waals surface area (Å²) in [6.07, 6.45) is 1.80. The number of hydrogen-bond acceptors (Lipinski definition) is 3. The molecule has 130 valence electrons. The minimum absolute atomic E-state index is 0.0464. The van der Waals surface area contributed by atoms with E-state index < -0.39 is 10.0 Å². The van der Waals surface area contributed by atoms with Crippen LogP contribution in [0.3, 0.4) is 0 Å². The van der Waals surface area contributed by atoms with E-state index in [2.05, 4.69) is 0 Å². The molecule has 1 rings (SSSR count). The maximum absolute atomic E-state index is 12.5. The minimum Gasteiger partial charge on any atom is -0.339 e. The molecule has 0 aliphatic rings. The molecule has 0 aromatic heterocycles. The van der Waals surface area contributed by atoms with Crippen molar-refractivity contribution in [2.24, 2.45) is 0 Å². The van der Waals surface area contributed by atoms with Crippen LogP contribution in [0, 0.1) is 0 Å². The Kier molecular flexibility index (Phi) is 7.22. The van der Waals surface area contributed by atoms with Crippen molar-refractivity contribution >= 4 is 15.9 Å². The van der Waals surface area contributed by atoms with E-state index in [0.717, 1.165) is 12.8 Å². The van der Waals surface area contributed by atoms with Gasteiger partial charge in [-0.2, -0.15) is 4.31 Å². The Morgan fingerprint density at radius 3 is 1.91 bits per heavy atom. The Balaban J connectivity index is 3.02. The van der Waals surface area contributed by atoms with Crippen LogP contribution in [0.2, 0.25) is 0 Å². The Bertz CT molecular complexity index is 603. The molecule has 0 aliphatic heterocycles. The van der Waals surface area contributed by atoms with E-state index in [4.69, 9.17) is 0 Å². The van der Waals surface area contributed by atoms with Crippen LogP contribution in [0.15, 0.2) is 29.2 Å². The molecule has 0 aliphatic carbocycles. The monoisotopic (exact) mass is 340 g/mol. The molecule has 0 atom stereocenters. The van der Waals surface area contributed by atoms with Crippen molar-refractivity contribution in [1.29, 1.82) is 0 Å². The van der Waals surface area contributed by atoms with Crippen LogP contribution < -0.4 is 0 Å². The topological polar surface area (TPSA) is 57.7 Å². The third-order valence-corrected chi connectivity index (χ3v) is 5.83. The number of carbonyl (C=O) groups excluding carboxylic acids is 1. The molecule has 0 unspecified atom stereocenters. The summed E-state index contributed by atoms with van der Waals surface area (Å²) in [5.41, 5.74) is 0.526. The summed E-state index contributed by atoms with van der Waals surface area (Å²) in [6.45, 7) is 9.14. The third kappa shape index (κ3) is 4.78. The van der Waals surface area contributed by atoms with E-state index >= 15 is 0 Å². The van der Waals surface area contributed by atoms with Gasteiger partial charge in [0.25, 0.3) is 5.91 Å². The molecular weight excluding hydrogens is 312 g/mol. The Morgan fingerprint density at radius 2 is 1.52 bits per heavy atom. The van der Waals surface area contributed by atoms with Gasteiger partial charge in [-0.25, -0.2) is 8.42 Å². The minimum atomic E-state index is -3.51. The number of nitrogens with zero attached hydrogens (tertiary/aromatic N) is 2. The molecule has 1 aromatic carbocycles. The summed E-state index contributed by atoms with van der Waals surface area (Å²) in [7, 11) is -1.95. The first-order valence-electron chi connectivity index (χ1n) is 8.13. The van der Waals surface area contributed by atoms with E-state index in [0.29, 0.717) is 18.7 Å². The highest BCUT2D eigenvalue weighted by molar-refractivity contribution is 7.89. The van der Waals surface area contributed by atoms with Crippen LogP contribution in [-0.4, -0.2) is 49.7 Å². The third-order valence-electron chi connectivity index (χ3n) is 3.78. The van der Waals surface area contributed by atoms with Gasteiger partial charge in [0.05, 0.1) is 4.90 Å². The summed E-state index contributed by atoms with van der Waals surface area (Å²) in [5.74, 6) is -0.0464.